The highest BCUT2D eigenvalue weighted by Crippen LogP contribution is 2.42. The average molecular weight is 267 g/mol. The molecule has 2 atom stereocenters. The molecule has 20 heavy (non-hydrogen) atoms. The van der Waals surface area contributed by atoms with Gasteiger partial charge in [0.25, 0.3) is 5.91 Å². The molecule has 0 saturated heterocycles. The first-order valence-electron chi connectivity index (χ1n) is 7.24. The minimum absolute atomic E-state index is 0.127. The molecule has 1 aromatic heterocycles. The first-order valence-corrected chi connectivity index (χ1v) is 7.24. The number of hydrogen-bond donors (Lipinski definition) is 2. The van der Waals surface area contributed by atoms with E-state index in [1.165, 1.54) is 25.0 Å². The van der Waals surface area contributed by atoms with Crippen LogP contribution < -0.4 is 5.43 Å². The number of carbonyl (C=O) groups is 1. The summed E-state index contributed by atoms with van der Waals surface area (Å²) in [4.78, 5) is 15.4. The molecule has 2 N–H and O–H groups in total. The highest BCUT2D eigenvalue weighted by Gasteiger charge is 2.36. The van der Waals surface area contributed by atoms with Gasteiger partial charge in [-0.15, -0.1) is 0 Å². The van der Waals surface area contributed by atoms with Gasteiger partial charge in [-0.25, -0.2) is 5.43 Å². The Morgan fingerprint density at radius 1 is 1.30 bits per heavy atom. The van der Waals surface area contributed by atoms with E-state index >= 15 is 0 Å². The van der Waals surface area contributed by atoms with Crippen LogP contribution in [0.1, 0.15) is 36.0 Å². The zero-order valence-electron chi connectivity index (χ0n) is 11.2. The third kappa shape index (κ3) is 1.83. The molecule has 0 unspecified atom stereocenters. The van der Waals surface area contributed by atoms with Gasteiger partial charge in [-0.1, -0.05) is 18.2 Å². The Kier molecular flexibility index (Phi) is 2.62. The summed E-state index contributed by atoms with van der Waals surface area (Å²) in [5, 5.41) is 5.31. The van der Waals surface area contributed by atoms with Crippen molar-refractivity contribution in [3.05, 3.63) is 36.0 Å². The van der Waals surface area contributed by atoms with Crippen molar-refractivity contribution in [3.63, 3.8) is 0 Å². The number of hydrogen-bond acceptors (Lipinski definition) is 2. The van der Waals surface area contributed by atoms with Crippen molar-refractivity contribution in [1.82, 2.24) is 10.4 Å². The predicted molar refractivity (Wildman–Crippen MR) is 78.6 cm³/mol. The Hall–Kier alpha value is -2.10. The maximum atomic E-state index is 12.2. The second kappa shape index (κ2) is 4.47. The number of hydrazone groups is 1. The summed E-state index contributed by atoms with van der Waals surface area (Å²) in [6.07, 6.45) is 6.66. The highest BCUT2D eigenvalue weighted by molar-refractivity contribution is 6.07. The summed E-state index contributed by atoms with van der Waals surface area (Å²) < 4.78 is 0. The lowest BCUT2D eigenvalue weighted by atomic mass is 9.99. The smallest absolute Gasteiger partial charge is 0.273 e. The van der Waals surface area contributed by atoms with E-state index in [1.54, 1.807) is 6.20 Å². The molecule has 1 amide bonds. The normalized spacial score (nSPS) is 26.5. The second-order valence-corrected chi connectivity index (χ2v) is 5.87. The lowest BCUT2D eigenvalue weighted by molar-refractivity contribution is 0.0956. The van der Waals surface area contributed by atoms with Crippen LogP contribution >= 0.6 is 0 Å². The summed E-state index contributed by atoms with van der Waals surface area (Å²) in [5.41, 5.74) is 5.56. The van der Waals surface area contributed by atoms with Gasteiger partial charge in [-0.05, 0) is 43.6 Å². The number of fused-ring (bicyclic) bond motifs is 3. The third-order valence-corrected chi connectivity index (χ3v) is 4.65. The Morgan fingerprint density at radius 3 is 3.00 bits per heavy atom. The highest BCUT2D eigenvalue weighted by atomic mass is 16.2. The van der Waals surface area contributed by atoms with Crippen LogP contribution in [0.4, 0.5) is 0 Å². The minimum atomic E-state index is -0.127. The molecule has 4 nitrogen and oxygen atoms in total. The molecule has 2 bridgehead atoms. The zero-order valence-corrected chi connectivity index (χ0v) is 11.2. The van der Waals surface area contributed by atoms with Gasteiger partial charge in [0.2, 0.25) is 0 Å². The van der Waals surface area contributed by atoms with E-state index in [4.69, 9.17) is 0 Å². The van der Waals surface area contributed by atoms with Gasteiger partial charge in [0, 0.05) is 22.8 Å². The molecule has 0 aliphatic heterocycles. The number of nitrogens with one attached hydrogen (secondary N) is 2. The van der Waals surface area contributed by atoms with Crippen LogP contribution in [0.5, 0.6) is 0 Å². The maximum absolute atomic E-state index is 12.2. The van der Waals surface area contributed by atoms with E-state index in [2.05, 4.69) is 15.5 Å². The van der Waals surface area contributed by atoms with Gasteiger partial charge < -0.3 is 4.98 Å². The van der Waals surface area contributed by atoms with Gasteiger partial charge in [-0.2, -0.15) is 5.10 Å². The number of aromatic amines is 1. The number of carbonyl (C=O) groups excluding carboxylic acids is 1. The van der Waals surface area contributed by atoms with E-state index in [1.807, 2.05) is 24.3 Å². The lowest BCUT2D eigenvalue weighted by Crippen LogP contribution is -2.21. The number of H-pyrrole nitrogens is 1. The molecule has 0 radical (unpaired) electrons. The number of aromatic nitrogens is 1. The van der Waals surface area contributed by atoms with Crippen LogP contribution in [0.2, 0.25) is 0 Å². The molecular formula is C16H17N3O. The molecule has 2 aromatic rings. The fourth-order valence-electron chi connectivity index (χ4n) is 3.60. The molecule has 2 aliphatic rings. The Labute approximate surface area is 117 Å². The van der Waals surface area contributed by atoms with Crippen molar-refractivity contribution in [1.29, 1.82) is 0 Å². The maximum Gasteiger partial charge on any atom is 0.273 e. The topological polar surface area (TPSA) is 57.2 Å². The van der Waals surface area contributed by atoms with Crippen LogP contribution in [0.3, 0.4) is 0 Å². The van der Waals surface area contributed by atoms with Gasteiger partial charge in [0.05, 0.1) is 5.56 Å². The molecule has 4 heteroatoms. The molecule has 2 aliphatic carbocycles. The molecule has 2 fully saturated rings. The van der Waals surface area contributed by atoms with Gasteiger partial charge in [0.15, 0.2) is 0 Å². The fraction of sp³-hybridized carbons (Fsp3) is 0.375. The number of benzene rings is 1. The van der Waals surface area contributed by atoms with Crippen molar-refractivity contribution < 1.29 is 4.79 Å². The minimum Gasteiger partial charge on any atom is -0.360 e. The number of amides is 1. The number of para-hydroxylation sites is 1. The standard InChI is InChI=1S/C16H17N3O/c20-16(13-9-17-14-4-2-1-3-12(13)14)19-18-15-8-10-5-6-11(15)7-10/h1-4,9-11,17H,5-8H2,(H,19,20)/b18-15+/t10-,11+/m1/s1. The van der Waals surface area contributed by atoms with E-state index in [-0.39, 0.29) is 5.91 Å². The lowest BCUT2D eigenvalue weighted by Gasteiger charge is -2.11. The van der Waals surface area contributed by atoms with Crippen LogP contribution in [-0.2, 0) is 0 Å². The van der Waals surface area contributed by atoms with Crippen molar-refractivity contribution in [3.8, 4) is 0 Å². The summed E-state index contributed by atoms with van der Waals surface area (Å²) in [6, 6.07) is 7.81. The molecule has 1 aromatic carbocycles. The Balaban J connectivity index is 1.55. The van der Waals surface area contributed by atoms with E-state index < -0.39 is 0 Å². The van der Waals surface area contributed by atoms with E-state index in [9.17, 15) is 4.79 Å². The molecule has 2 saturated carbocycles. The SMILES string of the molecule is O=C(N/N=C1\C[C@@H]2CC[C@H]1C2)c1c[nH]c2ccccc12. The van der Waals surface area contributed by atoms with Gasteiger partial charge >= 0.3 is 0 Å². The van der Waals surface area contributed by atoms with Gasteiger partial charge in [0.1, 0.15) is 0 Å². The molecule has 4 rings (SSSR count). The summed E-state index contributed by atoms with van der Waals surface area (Å²) in [7, 11) is 0. The van der Waals surface area contributed by atoms with E-state index in [0.717, 1.165) is 23.2 Å². The van der Waals surface area contributed by atoms with Crippen LogP contribution in [0.15, 0.2) is 35.6 Å². The average Bonchev–Trinajstić information content (AvgIpc) is 3.19. The largest absolute Gasteiger partial charge is 0.360 e. The van der Waals surface area contributed by atoms with Crippen molar-refractivity contribution in [2.24, 2.45) is 16.9 Å². The van der Waals surface area contributed by atoms with E-state index in [0.29, 0.717) is 11.5 Å². The first-order chi connectivity index (χ1) is 9.81. The van der Waals surface area contributed by atoms with Gasteiger partial charge in [-0.3, -0.25) is 4.79 Å². The number of rotatable bonds is 2. The number of nitrogens with zero attached hydrogens (tertiary/aromatic N) is 1. The van der Waals surface area contributed by atoms with Crippen molar-refractivity contribution in [2.45, 2.75) is 25.7 Å². The van der Waals surface area contributed by atoms with Crippen LogP contribution in [-0.4, -0.2) is 16.6 Å². The molecule has 1 heterocycles. The van der Waals surface area contributed by atoms with Crippen molar-refractivity contribution in [2.75, 3.05) is 0 Å². The van der Waals surface area contributed by atoms with Crippen molar-refractivity contribution >= 4 is 22.5 Å². The summed E-state index contributed by atoms with van der Waals surface area (Å²) in [6.45, 7) is 0. The Bertz CT molecular complexity index is 701. The molecule has 102 valence electrons. The quantitative estimate of drug-likeness (QED) is 0.807. The van der Waals surface area contributed by atoms with Crippen LogP contribution in [0.25, 0.3) is 10.9 Å². The third-order valence-electron chi connectivity index (χ3n) is 4.65. The second-order valence-electron chi connectivity index (χ2n) is 5.87. The molecular weight excluding hydrogens is 250 g/mol. The van der Waals surface area contributed by atoms with Crippen LogP contribution in [0, 0.1) is 11.8 Å². The molecule has 0 spiro atoms. The zero-order chi connectivity index (χ0) is 13.5. The first kappa shape index (κ1) is 11.7. The fourth-order valence-corrected chi connectivity index (χ4v) is 3.60. The summed E-state index contributed by atoms with van der Waals surface area (Å²) in [5.74, 6) is 1.30. The Morgan fingerprint density at radius 2 is 2.20 bits per heavy atom. The summed E-state index contributed by atoms with van der Waals surface area (Å²) >= 11 is 0. The predicted octanol–water partition coefficient (Wildman–Crippen LogP) is 3.07. The monoisotopic (exact) mass is 267 g/mol.